The first-order chi connectivity index (χ1) is 36.7. The van der Waals surface area contributed by atoms with Gasteiger partial charge < -0.3 is 66.9 Å². The maximum Gasteiger partial charge on any atom is 0.328 e. The second-order valence-electron chi connectivity index (χ2n) is 21.3. The van der Waals surface area contributed by atoms with Crippen molar-refractivity contribution in [1.82, 2.24) is 26.2 Å². The Hall–Kier alpha value is -5.96. The van der Waals surface area contributed by atoms with Crippen molar-refractivity contribution >= 4 is 35.5 Å². The highest BCUT2D eigenvalue weighted by Crippen LogP contribution is 2.28. The molecule has 1 fully saturated rings. The van der Waals surface area contributed by atoms with E-state index >= 15 is 0 Å². The number of ether oxygens (including phenoxy) is 2. The van der Waals surface area contributed by atoms with Crippen LogP contribution < -0.4 is 27.0 Å². The number of rotatable bonds is 30. The molecule has 1 saturated heterocycles. The van der Waals surface area contributed by atoms with Gasteiger partial charge in [0.1, 0.15) is 47.7 Å². The summed E-state index contributed by atoms with van der Waals surface area (Å²) < 4.78 is 11.4. The summed E-state index contributed by atoms with van der Waals surface area (Å²) in [6, 6.07) is 14.7. The maximum absolute atomic E-state index is 14.7. The number of nitrogens with zero attached hydrogens (tertiary/aromatic N) is 1. The average Bonchev–Trinajstić information content (AvgIpc) is 3.39. The lowest BCUT2D eigenvalue weighted by molar-refractivity contribution is -0.290. The summed E-state index contributed by atoms with van der Waals surface area (Å²) in [5.41, 5.74) is 9.52. The molecule has 5 rings (SSSR count). The second-order valence-corrected chi connectivity index (χ2v) is 21.3. The number of carbonyl (C=O) groups is 6. The first-order valence-electron chi connectivity index (χ1n) is 27.4. The van der Waals surface area contributed by atoms with Gasteiger partial charge in [-0.15, -0.1) is 0 Å². The number of aliphatic hydroxyl groups is 3. The standard InChI is InChI=1S/C58H84N6O13/c1-6-7-8-9-10-11-12-13-14-22-29-76-56-49(68)47(66)48(67)50(77-56)54(72)60-28-21-20-27-44(52(70)63-58(4,5)57(74)75)61-51(69)45(32-38-23-16-15-17-24-38)62-53(71)46-33-39-25-18-19-26-40(39)35-64(46)55(73)43(59)34-42-36(2)30-41(65)31-37(42)3/h15-19,23-26,30-31,43-50,56,65-68H,6-14,20-22,27-29,32-35,59H2,1-5H3,(H,60,72)(H,61,69)(H,62,71)(H,63,70)(H,74,75)/t43-,44-,45-,46-,47-,48-,49+,50-,56+/m0/s1. The summed E-state index contributed by atoms with van der Waals surface area (Å²) in [6.45, 7) is 8.70. The van der Waals surface area contributed by atoms with E-state index in [1.807, 2.05) is 38.1 Å². The van der Waals surface area contributed by atoms with Gasteiger partial charge in [0, 0.05) is 32.5 Å². The Kier molecular flexibility index (Phi) is 24.3. The fourth-order valence-corrected chi connectivity index (χ4v) is 9.90. The first kappa shape index (κ1) is 61.9. The lowest BCUT2D eigenvalue weighted by atomic mass is 9.91. The van der Waals surface area contributed by atoms with Crippen LogP contribution in [0.2, 0.25) is 0 Å². The number of aryl methyl sites for hydroxylation is 2. The van der Waals surface area contributed by atoms with E-state index in [1.165, 1.54) is 57.3 Å². The monoisotopic (exact) mass is 1070 g/mol. The van der Waals surface area contributed by atoms with Gasteiger partial charge in [-0.3, -0.25) is 24.0 Å². The molecule has 0 unspecified atom stereocenters. The van der Waals surface area contributed by atoms with Crippen LogP contribution >= 0.6 is 0 Å². The molecule has 3 aromatic rings. The van der Waals surface area contributed by atoms with Gasteiger partial charge in [-0.1, -0.05) is 119 Å². The topological polar surface area (TPSA) is 299 Å². The number of aliphatic hydroxyl groups excluding tert-OH is 3. The van der Waals surface area contributed by atoms with Crippen LogP contribution in [0.3, 0.4) is 0 Å². The number of nitrogens with one attached hydrogen (secondary N) is 4. The Morgan fingerprint density at radius 1 is 0.740 bits per heavy atom. The molecule has 19 nitrogen and oxygen atoms in total. The number of nitrogens with two attached hydrogens (primary N) is 1. The van der Waals surface area contributed by atoms with Crippen molar-refractivity contribution in [3.63, 3.8) is 0 Å². The van der Waals surface area contributed by atoms with E-state index in [1.54, 1.807) is 42.5 Å². The van der Waals surface area contributed by atoms with Crippen LogP contribution in [0.5, 0.6) is 5.75 Å². The van der Waals surface area contributed by atoms with Crippen molar-refractivity contribution in [3.8, 4) is 5.75 Å². The lowest BCUT2D eigenvalue weighted by Gasteiger charge is -2.39. The zero-order valence-electron chi connectivity index (χ0n) is 45.5. The second kappa shape index (κ2) is 30.3. The van der Waals surface area contributed by atoms with E-state index in [2.05, 4.69) is 28.2 Å². The van der Waals surface area contributed by atoms with Crippen LogP contribution in [0, 0.1) is 13.8 Å². The van der Waals surface area contributed by atoms with Crippen LogP contribution in [0.1, 0.15) is 138 Å². The number of unbranched alkanes of at least 4 members (excludes halogenated alkanes) is 10. The van der Waals surface area contributed by atoms with Crippen molar-refractivity contribution < 1.29 is 63.8 Å². The van der Waals surface area contributed by atoms with Gasteiger partial charge >= 0.3 is 5.97 Å². The minimum Gasteiger partial charge on any atom is -0.508 e. The molecule has 11 N–H and O–H groups in total. The molecule has 3 aromatic carbocycles. The molecule has 77 heavy (non-hydrogen) atoms. The number of hydrogen-bond donors (Lipinski definition) is 10. The van der Waals surface area contributed by atoms with Crippen molar-refractivity contribution in [1.29, 1.82) is 0 Å². The minimum absolute atomic E-state index is 0.00132. The number of aromatic hydroxyl groups is 1. The molecule has 0 bridgehead atoms. The average molecular weight is 1070 g/mol. The van der Waals surface area contributed by atoms with Gasteiger partial charge in [-0.05, 0) is 105 Å². The molecule has 0 aromatic heterocycles. The number of aliphatic carboxylic acids is 1. The highest BCUT2D eigenvalue weighted by Gasteiger charge is 2.47. The van der Waals surface area contributed by atoms with Gasteiger partial charge in [0.15, 0.2) is 12.4 Å². The summed E-state index contributed by atoms with van der Waals surface area (Å²) in [7, 11) is 0. The number of carboxylic acid groups (broad SMARTS) is 1. The Morgan fingerprint density at radius 2 is 1.35 bits per heavy atom. The number of hydrogen-bond acceptors (Lipinski definition) is 13. The Balaban J connectivity index is 1.24. The van der Waals surface area contributed by atoms with Crippen LogP contribution in [0.25, 0.3) is 0 Å². The van der Waals surface area contributed by atoms with Gasteiger partial charge in [0.25, 0.3) is 5.91 Å². The molecule has 2 heterocycles. The fourth-order valence-electron chi connectivity index (χ4n) is 9.90. The third kappa shape index (κ3) is 18.3. The number of phenolic OH excluding ortho intramolecular Hbond substituents is 1. The van der Waals surface area contributed by atoms with E-state index in [0.717, 1.165) is 47.1 Å². The molecule has 19 heteroatoms. The molecule has 2 aliphatic heterocycles. The van der Waals surface area contributed by atoms with E-state index in [-0.39, 0.29) is 64.0 Å². The molecule has 9 atom stereocenters. The third-order valence-corrected chi connectivity index (χ3v) is 14.6. The van der Waals surface area contributed by atoms with Crippen molar-refractivity contribution in [2.24, 2.45) is 5.73 Å². The van der Waals surface area contributed by atoms with Crippen LogP contribution in [0.15, 0.2) is 66.7 Å². The maximum atomic E-state index is 14.7. The fraction of sp³-hybridized carbons (Fsp3) is 0.586. The van der Waals surface area contributed by atoms with Crippen LogP contribution in [-0.2, 0) is 64.0 Å². The number of carboxylic acids is 1. The molecule has 0 saturated carbocycles. The SMILES string of the molecule is CCCCCCCCCCCCO[C@@H]1O[C@H](C(=O)NCCCC[C@H](NC(=O)[C@H](Cc2ccccc2)NC(=O)[C@@H]2Cc3ccccc3CN2C(=O)[C@@H](N)Cc2c(C)cc(O)cc2C)C(=O)NC(C)(C)C(=O)O)[C@@H](O)[C@H](O)[C@H]1O. The van der Waals surface area contributed by atoms with E-state index in [9.17, 15) is 54.3 Å². The van der Waals surface area contributed by atoms with Gasteiger partial charge in [0.05, 0.1) is 6.04 Å². The molecule has 0 spiro atoms. The largest absolute Gasteiger partial charge is 0.508 e. The van der Waals surface area contributed by atoms with Crippen molar-refractivity contribution in [3.05, 3.63) is 100 Å². The Labute approximate surface area is 453 Å². The number of phenols is 1. The first-order valence-corrected chi connectivity index (χ1v) is 27.4. The van der Waals surface area contributed by atoms with Gasteiger partial charge in [-0.25, -0.2) is 4.79 Å². The zero-order chi connectivity index (χ0) is 56.2. The van der Waals surface area contributed by atoms with Crippen molar-refractivity contribution in [2.75, 3.05) is 13.2 Å². The molecule has 0 radical (unpaired) electrons. The molecule has 2 aliphatic rings. The van der Waals surface area contributed by atoms with Crippen molar-refractivity contribution in [2.45, 2.75) is 204 Å². The highest BCUT2D eigenvalue weighted by atomic mass is 16.7. The number of fused-ring (bicyclic) bond motifs is 1. The number of benzene rings is 3. The Morgan fingerprint density at radius 3 is 1.99 bits per heavy atom. The van der Waals surface area contributed by atoms with Crippen LogP contribution in [0.4, 0.5) is 0 Å². The summed E-state index contributed by atoms with van der Waals surface area (Å²) in [6.07, 6.45) is 3.74. The normalized spacial score (nSPS) is 20.5. The quantitative estimate of drug-likeness (QED) is 0.0422. The van der Waals surface area contributed by atoms with E-state index < -0.39 is 95.9 Å². The zero-order valence-corrected chi connectivity index (χ0v) is 45.5. The minimum atomic E-state index is -1.76. The predicted molar refractivity (Wildman–Crippen MR) is 289 cm³/mol. The lowest BCUT2D eigenvalue weighted by Crippen LogP contribution is -2.62. The van der Waals surface area contributed by atoms with Crippen LogP contribution in [-0.4, -0.2) is 140 Å². The number of carbonyl (C=O) groups excluding carboxylic acids is 5. The molecule has 424 valence electrons. The highest BCUT2D eigenvalue weighted by molar-refractivity contribution is 5.96. The van der Waals surface area contributed by atoms with E-state index in [0.29, 0.717) is 12.0 Å². The summed E-state index contributed by atoms with van der Waals surface area (Å²) in [4.78, 5) is 84.4. The summed E-state index contributed by atoms with van der Waals surface area (Å²) >= 11 is 0. The molecule has 0 aliphatic carbocycles. The third-order valence-electron chi connectivity index (χ3n) is 14.6. The summed E-state index contributed by atoms with van der Waals surface area (Å²) in [5.74, 6) is -4.72. The molecular weight excluding hydrogens is 989 g/mol. The van der Waals surface area contributed by atoms with Gasteiger partial charge in [0.2, 0.25) is 23.6 Å². The van der Waals surface area contributed by atoms with E-state index in [4.69, 9.17) is 15.2 Å². The molecule has 5 amide bonds. The smallest absolute Gasteiger partial charge is 0.328 e. The molecular formula is C58H84N6O13. The Bertz CT molecular complexity index is 2400. The predicted octanol–water partition coefficient (Wildman–Crippen LogP) is 4.06. The number of amides is 5. The van der Waals surface area contributed by atoms with Gasteiger partial charge in [-0.2, -0.15) is 0 Å². The summed E-state index contributed by atoms with van der Waals surface area (Å²) in [5, 5.41) is 62.7.